The van der Waals surface area contributed by atoms with Gasteiger partial charge in [-0.15, -0.1) is 0 Å². The summed E-state index contributed by atoms with van der Waals surface area (Å²) in [4.78, 5) is 16.8. The van der Waals surface area contributed by atoms with Gasteiger partial charge in [0.05, 0.1) is 18.7 Å². The zero-order chi connectivity index (χ0) is 22.8. The standard InChI is InChI=1S/C25H31N3O4/c1-31-23-8-3-20(4-9-23)7-12-25(30)28-14-2-13-27(15-16-28)18-22(29)19-32-24-10-5-21(17-26)6-11-24/h3-6,8-11,22,29H,2,7,12-16,18-19H2,1H3. The van der Waals surface area contributed by atoms with Gasteiger partial charge in [-0.3, -0.25) is 9.69 Å². The third-order valence-electron chi connectivity index (χ3n) is 5.62. The second-order valence-corrected chi connectivity index (χ2v) is 7.98. The third kappa shape index (κ3) is 7.26. The van der Waals surface area contributed by atoms with E-state index in [2.05, 4.69) is 11.0 Å². The van der Waals surface area contributed by atoms with Crippen molar-refractivity contribution in [1.29, 1.82) is 5.26 Å². The number of aliphatic hydroxyl groups is 1. The maximum atomic E-state index is 12.7. The summed E-state index contributed by atoms with van der Waals surface area (Å²) in [6.45, 7) is 3.69. The van der Waals surface area contributed by atoms with Crippen LogP contribution in [0.15, 0.2) is 48.5 Å². The van der Waals surface area contributed by atoms with Crippen LogP contribution in [-0.4, -0.2) is 73.4 Å². The fraction of sp³-hybridized carbons (Fsp3) is 0.440. The molecule has 2 aromatic carbocycles. The Kier molecular flexibility index (Phi) is 8.90. The van der Waals surface area contributed by atoms with Gasteiger partial charge in [-0.1, -0.05) is 12.1 Å². The maximum Gasteiger partial charge on any atom is 0.222 e. The number of hydrogen-bond acceptors (Lipinski definition) is 6. The normalized spacial score (nSPS) is 15.5. The molecule has 0 bridgehead atoms. The molecular weight excluding hydrogens is 406 g/mol. The molecule has 0 spiro atoms. The number of ether oxygens (including phenoxy) is 2. The second kappa shape index (κ2) is 12.1. The first-order valence-electron chi connectivity index (χ1n) is 11.0. The van der Waals surface area contributed by atoms with Crippen LogP contribution in [0.2, 0.25) is 0 Å². The third-order valence-corrected chi connectivity index (χ3v) is 5.62. The molecule has 7 nitrogen and oxygen atoms in total. The Morgan fingerprint density at radius 1 is 1.06 bits per heavy atom. The van der Waals surface area contributed by atoms with Crippen LogP contribution in [0.1, 0.15) is 24.0 Å². The second-order valence-electron chi connectivity index (χ2n) is 7.98. The van der Waals surface area contributed by atoms with E-state index >= 15 is 0 Å². The first kappa shape index (κ1) is 23.6. The van der Waals surface area contributed by atoms with Crippen molar-refractivity contribution in [1.82, 2.24) is 9.80 Å². The summed E-state index contributed by atoms with van der Waals surface area (Å²) in [6, 6.07) is 16.7. The van der Waals surface area contributed by atoms with E-state index in [4.69, 9.17) is 14.7 Å². The topological polar surface area (TPSA) is 86.0 Å². The fourth-order valence-corrected chi connectivity index (χ4v) is 3.77. The lowest BCUT2D eigenvalue weighted by Gasteiger charge is -2.24. The van der Waals surface area contributed by atoms with Gasteiger partial charge in [0.15, 0.2) is 0 Å². The molecule has 1 amide bonds. The zero-order valence-corrected chi connectivity index (χ0v) is 18.6. The molecule has 0 radical (unpaired) electrons. The Morgan fingerprint density at radius 2 is 1.78 bits per heavy atom. The van der Waals surface area contributed by atoms with Crippen molar-refractivity contribution in [2.75, 3.05) is 46.4 Å². The van der Waals surface area contributed by atoms with E-state index in [9.17, 15) is 9.90 Å². The molecule has 1 aliphatic rings. The van der Waals surface area contributed by atoms with Crippen LogP contribution < -0.4 is 9.47 Å². The van der Waals surface area contributed by atoms with Crippen molar-refractivity contribution in [3.63, 3.8) is 0 Å². The van der Waals surface area contributed by atoms with Gasteiger partial charge in [0, 0.05) is 32.6 Å². The number of hydrogen-bond donors (Lipinski definition) is 1. The van der Waals surface area contributed by atoms with Crippen molar-refractivity contribution in [2.45, 2.75) is 25.4 Å². The lowest BCUT2D eigenvalue weighted by Crippen LogP contribution is -2.39. The predicted octanol–water partition coefficient (Wildman–Crippen LogP) is 2.47. The number of nitrogens with zero attached hydrogens (tertiary/aromatic N) is 3. The smallest absolute Gasteiger partial charge is 0.222 e. The SMILES string of the molecule is COc1ccc(CCC(=O)N2CCCN(CC(O)COc3ccc(C#N)cc3)CC2)cc1. The number of amides is 1. The molecule has 32 heavy (non-hydrogen) atoms. The molecule has 7 heteroatoms. The van der Waals surface area contributed by atoms with Gasteiger partial charge in [0.25, 0.3) is 0 Å². The lowest BCUT2D eigenvalue weighted by atomic mass is 10.1. The van der Waals surface area contributed by atoms with Crippen molar-refractivity contribution >= 4 is 5.91 Å². The van der Waals surface area contributed by atoms with Crippen molar-refractivity contribution in [3.8, 4) is 17.6 Å². The molecule has 1 N–H and O–H groups in total. The number of rotatable bonds is 9. The van der Waals surface area contributed by atoms with Gasteiger partial charge in [0.2, 0.25) is 5.91 Å². The molecule has 1 unspecified atom stereocenters. The van der Waals surface area contributed by atoms with Crippen LogP contribution >= 0.6 is 0 Å². The van der Waals surface area contributed by atoms with Gasteiger partial charge < -0.3 is 19.5 Å². The van der Waals surface area contributed by atoms with E-state index in [1.54, 1.807) is 31.4 Å². The number of aryl methyl sites for hydroxylation is 1. The summed E-state index contributed by atoms with van der Waals surface area (Å²) < 4.78 is 10.8. The summed E-state index contributed by atoms with van der Waals surface area (Å²) in [5, 5.41) is 19.2. The summed E-state index contributed by atoms with van der Waals surface area (Å²) in [7, 11) is 1.64. The summed E-state index contributed by atoms with van der Waals surface area (Å²) in [5.74, 6) is 1.62. The number of nitriles is 1. The molecule has 1 saturated heterocycles. The van der Waals surface area contributed by atoms with E-state index < -0.39 is 6.10 Å². The number of β-amino-alcohol motifs (C(OH)–C–C–N with tert-alkyl or cyclic N) is 1. The molecule has 1 heterocycles. The van der Waals surface area contributed by atoms with E-state index in [0.717, 1.165) is 37.4 Å². The molecule has 3 rings (SSSR count). The molecule has 170 valence electrons. The average molecular weight is 438 g/mol. The van der Waals surface area contributed by atoms with Crippen molar-refractivity contribution in [2.24, 2.45) is 0 Å². The van der Waals surface area contributed by atoms with E-state index in [0.29, 0.717) is 37.2 Å². The Labute approximate surface area is 189 Å². The summed E-state index contributed by atoms with van der Waals surface area (Å²) >= 11 is 0. The Balaban J connectivity index is 1.38. The first-order chi connectivity index (χ1) is 15.6. The Hall–Kier alpha value is -3.08. The highest BCUT2D eigenvalue weighted by Crippen LogP contribution is 2.15. The Morgan fingerprint density at radius 3 is 2.47 bits per heavy atom. The maximum absolute atomic E-state index is 12.7. The number of aliphatic hydroxyl groups excluding tert-OH is 1. The molecule has 0 saturated carbocycles. The summed E-state index contributed by atoms with van der Waals surface area (Å²) in [5.41, 5.74) is 1.70. The van der Waals surface area contributed by atoms with Crippen molar-refractivity contribution < 1.29 is 19.4 Å². The van der Waals surface area contributed by atoms with Gasteiger partial charge >= 0.3 is 0 Å². The van der Waals surface area contributed by atoms with E-state index in [1.807, 2.05) is 29.2 Å². The molecule has 1 atom stereocenters. The van der Waals surface area contributed by atoms with Crippen LogP contribution in [0.25, 0.3) is 0 Å². The fourth-order valence-electron chi connectivity index (χ4n) is 3.77. The highest BCUT2D eigenvalue weighted by atomic mass is 16.5. The van der Waals surface area contributed by atoms with Gasteiger partial charge in [-0.05, 0) is 61.3 Å². The molecular formula is C25H31N3O4. The largest absolute Gasteiger partial charge is 0.497 e. The van der Waals surface area contributed by atoms with E-state index in [-0.39, 0.29) is 12.5 Å². The highest BCUT2D eigenvalue weighted by molar-refractivity contribution is 5.76. The minimum atomic E-state index is -0.622. The van der Waals surface area contributed by atoms with Gasteiger partial charge in [-0.25, -0.2) is 0 Å². The minimum Gasteiger partial charge on any atom is -0.497 e. The van der Waals surface area contributed by atoms with Crippen LogP contribution in [0.3, 0.4) is 0 Å². The zero-order valence-electron chi connectivity index (χ0n) is 18.6. The average Bonchev–Trinajstić information content (AvgIpc) is 3.07. The van der Waals surface area contributed by atoms with Crippen LogP contribution in [-0.2, 0) is 11.2 Å². The molecule has 1 aliphatic heterocycles. The molecule has 1 fully saturated rings. The highest BCUT2D eigenvalue weighted by Gasteiger charge is 2.20. The quantitative estimate of drug-likeness (QED) is 0.649. The monoisotopic (exact) mass is 437 g/mol. The molecule has 2 aromatic rings. The minimum absolute atomic E-state index is 0.173. The van der Waals surface area contributed by atoms with Crippen molar-refractivity contribution in [3.05, 3.63) is 59.7 Å². The molecule has 0 aromatic heterocycles. The molecule has 0 aliphatic carbocycles. The number of carbonyl (C=O) groups is 1. The summed E-state index contributed by atoms with van der Waals surface area (Å²) in [6.07, 6.45) is 1.47. The van der Waals surface area contributed by atoms with Crippen LogP contribution in [0, 0.1) is 11.3 Å². The number of carbonyl (C=O) groups excluding carboxylic acids is 1. The van der Waals surface area contributed by atoms with E-state index in [1.165, 1.54) is 0 Å². The predicted molar refractivity (Wildman–Crippen MR) is 122 cm³/mol. The van der Waals surface area contributed by atoms with Gasteiger partial charge in [0.1, 0.15) is 24.2 Å². The van der Waals surface area contributed by atoms with Crippen LogP contribution in [0.4, 0.5) is 0 Å². The first-order valence-corrected chi connectivity index (χ1v) is 11.0. The number of methoxy groups -OCH3 is 1. The van der Waals surface area contributed by atoms with Crippen LogP contribution in [0.5, 0.6) is 11.5 Å². The Bertz CT molecular complexity index is 893. The number of benzene rings is 2. The lowest BCUT2D eigenvalue weighted by molar-refractivity contribution is -0.131. The van der Waals surface area contributed by atoms with Gasteiger partial charge in [-0.2, -0.15) is 5.26 Å².